The van der Waals surface area contributed by atoms with Gasteiger partial charge in [-0.25, -0.2) is 0 Å². The summed E-state index contributed by atoms with van der Waals surface area (Å²) in [5, 5.41) is 6.52. The van der Waals surface area contributed by atoms with Crippen LogP contribution in [0.3, 0.4) is 0 Å². The second-order valence-corrected chi connectivity index (χ2v) is 14.0. The molecule has 0 aliphatic heterocycles. The van der Waals surface area contributed by atoms with Gasteiger partial charge in [-0.3, -0.25) is 0 Å². The summed E-state index contributed by atoms with van der Waals surface area (Å²) in [6, 6.07) is 70.8. The molecule has 9 aromatic carbocycles. The van der Waals surface area contributed by atoms with Gasteiger partial charge in [0.15, 0.2) is 5.58 Å². The standard InChI is InChI=1S/C52H33NO2/c1-3-14-34(15-4-1)36-28-30-39(31-29-36)53(47-25-12-23-43-41-21-9-10-26-48(41)54-52(43)47)46-24-13-27-49-50(46)45-33-44(40-20-7-8-22-42(40)51(45)55-49)38-19-11-18-37(32-38)35-16-5-2-6-17-35/h1-33H. The van der Waals surface area contributed by atoms with Gasteiger partial charge in [0.25, 0.3) is 0 Å². The zero-order valence-corrected chi connectivity index (χ0v) is 29.8. The fraction of sp³-hybridized carbons (Fsp3) is 0. The molecule has 0 aliphatic rings. The van der Waals surface area contributed by atoms with Gasteiger partial charge in [-0.05, 0) is 87.3 Å². The number of anilines is 3. The van der Waals surface area contributed by atoms with Crippen molar-refractivity contribution in [1.82, 2.24) is 0 Å². The average molecular weight is 704 g/mol. The van der Waals surface area contributed by atoms with Crippen LogP contribution in [0.1, 0.15) is 0 Å². The highest BCUT2D eigenvalue weighted by Gasteiger charge is 2.24. The Morgan fingerprint density at radius 2 is 0.836 bits per heavy atom. The van der Waals surface area contributed by atoms with Gasteiger partial charge in [-0.1, -0.05) is 152 Å². The summed E-state index contributed by atoms with van der Waals surface area (Å²) in [6.45, 7) is 0. The third-order valence-corrected chi connectivity index (χ3v) is 10.9. The van der Waals surface area contributed by atoms with E-state index in [9.17, 15) is 0 Å². The molecular formula is C52H33NO2. The van der Waals surface area contributed by atoms with E-state index in [2.05, 4.69) is 193 Å². The monoisotopic (exact) mass is 703 g/mol. The van der Waals surface area contributed by atoms with Crippen LogP contribution in [0.4, 0.5) is 17.1 Å². The van der Waals surface area contributed by atoms with Crippen LogP contribution in [0.25, 0.3) is 88.0 Å². The molecule has 0 N–H and O–H groups in total. The van der Waals surface area contributed by atoms with Gasteiger partial charge in [0.2, 0.25) is 0 Å². The van der Waals surface area contributed by atoms with Crippen LogP contribution >= 0.6 is 0 Å². The lowest BCUT2D eigenvalue weighted by Gasteiger charge is -2.26. The number of benzene rings is 9. The highest BCUT2D eigenvalue weighted by molar-refractivity contribution is 6.23. The lowest BCUT2D eigenvalue weighted by molar-refractivity contribution is 0.669. The zero-order chi connectivity index (χ0) is 36.3. The van der Waals surface area contributed by atoms with Gasteiger partial charge in [-0.2, -0.15) is 0 Å². The van der Waals surface area contributed by atoms with Crippen molar-refractivity contribution in [2.75, 3.05) is 4.90 Å². The maximum absolute atomic E-state index is 6.87. The minimum Gasteiger partial charge on any atom is -0.455 e. The second-order valence-electron chi connectivity index (χ2n) is 14.0. The van der Waals surface area contributed by atoms with Crippen molar-refractivity contribution < 1.29 is 8.83 Å². The van der Waals surface area contributed by atoms with E-state index in [1.807, 2.05) is 12.1 Å². The first-order valence-corrected chi connectivity index (χ1v) is 18.7. The van der Waals surface area contributed by atoms with E-state index >= 15 is 0 Å². The van der Waals surface area contributed by atoms with E-state index in [-0.39, 0.29) is 0 Å². The van der Waals surface area contributed by atoms with Gasteiger partial charge < -0.3 is 13.7 Å². The van der Waals surface area contributed by atoms with Crippen molar-refractivity contribution in [2.24, 2.45) is 0 Å². The molecule has 3 heteroatoms. The number of nitrogens with zero attached hydrogens (tertiary/aromatic N) is 1. The summed E-state index contributed by atoms with van der Waals surface area (Å²) in [5.74, 6) is 0. The van der Waals surface area contributed by atoms with Gasteiger partial charge in [-0.15, -0.1) is 0 Å². The van der Waals surface area contributed by atoms with Crippen LogP contribution in [0.5, 0.6) is 0 Å². The number of fused-ring (bicyclic) bond motifs is 8. The van der Waals surface area contributed by atoms with Gasteiger partial charge in [0, 0.05) is 27.2 Å². The van der Waals surface area contributed by atoms with Crippen LogP contribution < -0.4 is 4.90 Å². The molecule has 0 saturated heterocycles. The molecule has 2 heterocycles. The normalized spacial score (nSPS) is 11.6. The maximum Gasteiger partial charge on any atom is 0.159 e. The molecule has 11 rings (SSSR count). The quantitative estimate of drug-likeness (QED) is 0.173. The van der Waals surface area contributed by atoms with E-state index in [0.29, 0.717) is 0 Å². The lowest BCUT2D eigenvalue weighted by atomic mass is 9.93. The summed E-state index contributed by atoms with van der Waals surface area (Å²) >= 11 is 0. The number of furan rings is 2. The van der Waals surface area contributed by atoms with Crippen LogP contribution in [0, 0.1) is 0 Å². The summed E-state index contributed by atoms with van der Waals surface area (Å²) in [6.07, 6.45) is 0. The van der Waals surface area contributed by atoms with Crippen molar-refractivity contribution in [3.63, 3.8) is 0 Å². The largest absolute Gasteiger partial charge is 0.455 e. The fourth-order valence-electron chi connectivity index (χ4n) is 8.30. The molecule has 0 radical (unpaired) electrons. The maximum atomic E-state index is 6.87. The Hall–Kier alpha value is -7.36. The molecule has 11 aromatic rings. The molecular weight excluding hydrogens is 671 g/mol. The Morgan fingerprint density at radius 1 is 0.309 bits per heavy atom. The first-order valence-electron chi connectivity index (χ1n) is 18.7. The second kappa shape index (κ2) is 12.6. The highest BCUT2D eigenvalue weighted by atomic mass is 16.3. The fourth-order valence-corrected chi connectivity index (χ4v) is 8.30. The van der Waals surface area contributed by atoms with E-state index < -0.39 is 0 Å². The van der Waals surface area contributed by atoms with Crippen molar-refractivity contribution in [3.05, 3.63) is 200 Å². The molecule has 0 atom stereocenters. The number of hydrogen-bond donors (Lipinski definition) is 0. The van der Waals surface area contributed by atoms with Crippen molar-refractivity contribution in [1.29, 1.82) is 0 Å². The predicted octanol–water partition coefficient (Wildman–Crippen LogP) is 15.1. The predicted molar refractivity (Wildman–Crippen MR) is 229 cm³/mol. The minimum absolute atomic E-state index is 0.829. The third kappa shape index (κ3) is 5.13. The molecule has 0 bridgehead atoms. The van der Waals surface area contributed by atoms with E-state index in [1.165, 1.54) is 16.7 Å². The highest BCUT2D eigenvalue weighted by Crippen LogP contribution is 2.48. The summed E-state index contributed by atoms with van der Waals surface area (Å²) in [7, 11) is 0. The van der Waals surface area contributed by atoms with Crippen LogP contribution in [0.15, 0.2) is 209 Å². The summed E-state index contributed by atoms with van der Waals surface area (Å²) in [5.41, 5.74) is 13.4. The van der Waals surface area contributed by atoms with Crippen LogP contribution in [-0.4, -0.2) is 0 Å². The summed E-state index contributed by atoms with van der Waals surface area (Å²) in [4.78, 5) is 2.33. The molecule has 55 heavy (non-hydrogen) atoms. The van der Waals surface area contributed by atoms with Gasteiger partial charge in [0.05, 0.1) is 16.8 Å². The minimum atomic E-state index is 0.829. The molecule has 0 fully saturated rings. The Kier molecular flexibility index (Phi) is 7.17. The van der Waals surface area contributed by atoms with Gasteiger partial charge >= 0.3 is 0 Å². The Labute approximate surface area is 317 Å². The third-order valence-electron chi connectivity index (χ3n) is 10.9. The topological polar surface area (TPSA) is 29.5 Å². The number of rotatable bonds is 6. The Morgan fingerprint density at radius 3 is 1.64 bits per heavy atom. The number of hydrogen-bond acceptors (Lipinski definition) is 3. The van der Waals surface area contributed by atoms with Crippen LogP contribution in [0.2, 0.25) is 0 Å². The SMILES string of the molecule is c1ccc(-c2ccc(N(c3cccc4c3oc3ccccc34)c3cccc4oc5c6ccccc6c(-c6cccc(-c7ccccc7)c6)cc5c34)cc2)cc1. The molecule has 0 aliphatic carbocycles. The first kappa shape index (κ1) is 31.2. The van der Waals surface area contributed by atoms with Gasteiger partial charge in [0.1, 0.15) is 16.7 Å². The lowest BCUT2D eigenvalue weighted by Crippen LogP contribution is -2.10. The number of para-hydroxylation sites is 2. The van der Waals surface area contributed by atoms with E-state index in [4.69, 9.17) is 8.83 Å². The summed E-state index contributed by atoms with van der Waals surface area (Å²) < 4.78 is 13.6. The van der Waals surface area contributed by atoms with Crippen molar-refractivity contribution >= 4 is 71.7 Å². The van der Waals surface area contributed by atoms with Crippen molar-refractivity contribution in [2.45, 2.75) is 0 Å². The average Bonchev–Trinajstić information content (AvgIpc) is 3.84. The molecule has 2 aromatic heterocycles. The van der Waals surface area contributed by atoms with E-state index in [0.717, 1.165) is 88.4 Å². The van der Waals surface area contributed by atoms with E-state index in [1.54, 1.807) is 0 Å². The van der Waals surface area contributed by atoms with Crippen molar-refractivity contribution in [3.8, 4) is 33.4 Å². The molecule has 0 unspecified atom stereocenters. The molecule has 0 amide bonds. The molecule has 258 valence electrons. The smallest absolute Gasteiger partial charge is 0.159 e. The Balaban J connectivity index is 1.19. The molecule has 3 nitrogen and oxygen atoms in total. The molecule has 0 saturated carbocycles. The Bertz CT molecular complexity index is 3190. The molecule has 0 spiro atoms. The first-order chi connectivity index (χ1) is 27.3. The van der Waals surface area contributed by atoms with Crippen LogP contribution in [-0.2, 0) is 0 Å². The zero-order valence-electron chi connectivity index (χ0n) is 29.8.